The largest absolute Gasteiger partial charge is 0.396 e. The molecule has 1 aliphatic carbocycles. The van der Waals surface area contributed by atoms with Crippen molar-refractivity contribution in [3.63, 3.8) is 0 Å². The van der Waals surface area contributed by atoms with Gasteiger partial charge in [0, 0.05) is 18.8 Å². The van der Waals surface area contributed by atoms with Crippen molar-refractivity contribution in [1.82, 2.24) is 4.98 Å². The number of aromatic nitrogens is 1. The first kappa shape index (κ1) is 10.3. The van der Waals surface area contributed by atoms with E-state index in [1.807, 2.05) is 12.3 Å². The maximum absolute atomic E-state index is 5.95. The summed E-state index contributed by atoms with van der Waals surface area (Å²) in [6, 6.07) is 2.51. The molecule has 1 fully saturated rings. The first-order valence-corrected chi connectivity index (χ1v) is 5.64. The molecule has 0 atom stereocenters. The summed E-state index contributed by atoms with van der Waals surface area (Å²) in [6.45, 7) is 5.55. The van der Waals surface area contributed by atoms with Crippen molar-refractivity contribution in [3.05, 3.63) is 18.5 Å². The molecule has 0 aromatic carbocycles. The minimum atomic E-state index is 0.496. The highest BCUT2D eigenvalue weighted by atomic mass is 15.2. The molecule has 0 spiro atoms. The average Bonchev–Trinajstić information content (AvgIpc) is 2.99. The van der Waals surface area contributed by atoms with Crippen LogP contribution in [0, 0.1) is 5.92 Å². The monoisotopic (exact) mass is 205 g/mol. The number of nitrogen functional groups attached to an aromatic ring is 1. The quantitative estimate of drug-likeness (QED) is 0.820. The Morgan fingerprint density at radius 2 is 2.27 bits per heavy atom. The van der Waals surface area contributed by atoms with Gasteiger partial charge < -0.3 is 10.6 Å². The molecule has 1 heterocycles. The number of pyridine rings is 1. The summed E-state index contributed by atoms with van der Waals surface area (Å²) in [4.78, 5) is 6.41. The van der Waals surface area contributed by atoms with E-state index >= 15 is 0 Å². The first-order valence-electron chi connectivity index (χ1n) is 5.64. The van der Waals surface area contributed by atoms with Crippen LogP contribution in [0.4, 0.5) is 11.4 Å². The fourth-order valence-corrected chi connectivity index (χ4v) is 1.83. The van der Waals surface area contributed by atoms with Gasteiger partial charge in [0.1, 0.15) is 0 Å². The third-order valence-corrected chi connectivity index (χ3v) is 2.91. The van der Waals surface area contributed by atoms with E-state index in [4.69, 9.17) is 5.73 Å². The zero-order valence-electron chi connectivity index (χ0n) is 9.48. The van der Waals surface area contributed by atoms with Crippen molar-refractivity contribution in [1.29, 1.82) is 0 Å². The van der Waals surface area contributed by atoms with E-state index in [-0.39, 0.29) is 0 Å². The maximum Gasteiger partial charge on any atom is 0.0738 e. The summed E-state index contributed by atoms with van der Waals surface area (Å²) in [6.07, 6.45) is 6.29. The Bertz CT molecular complexity index is 331. The number of anilines is 2. The number of hydrogen-bond acceptors (Lipinski definition) is 3. The summed E-state index contributed by atoms with van der Waals surface area (Å²) in [5.41, 5.74) is 7.87. The molecule has 0 unspecified atom stereocenters. The van der Waals surface area contributed by atoms with E-state index in [1.54, 1.807) is 6.20 Å². The smallest absolute Gasteiger partial charge is 0.0738 e. The van der Waals surface area contributed by atoms with Crippen molar-refractivity contribution in [2.24, 2.45) is 5.92 Å². The molecule has 0 aliphatic heterocycles. The summed E-state index contributed by atoms with van der Waals surface area (Å²) >= 11 is 0. The molecule has 1 saturated carbocycles. The van der Waals surface area contributed by atoms with E-state index in [2.05, 4.69) is 23.7 Å². The lowest BCUT2D eigenvalue weighted by Gasteiger charge is -2.30. The van der Waals surface area contributed by atoms with E-state index in [1.165, 1.54) is 12.8 Å². The van der Waals surface area contributed by atoms with Gasteiger partial charge in [-0.2, -0.15) is 0 Å². The Morgan fingerprint density at radius 1 is 1.53 bits per heavy atom. The van der Waals surface area contributed by atoms with E-state index in [9.17, 15) is 0 Å². The van der Waals surface area contributed by atoms with Crippen LogP contribution in [0.1, 0.15) is 26.7 Å². The van der Waals surface area contributed by atoms with Gasteiger partial charge in [-0.1, -0.05) is 0 Å². The van der Waals surface area contributed by atoms with Crippen molar-refractivity contribution in [2.45, 2.75) is 32.7 Å². The molecule has 3 nitrogen and oxygen atoms in total. The van der Waals surface area contributed by atoms with Crippen LogP contribution >= 0.6 is 0 Å². The average molecular weight is 205 g/mol. The van der Waals surface area contributed by atoms with Gasteiger partial charge in [-0.3, -0.25) is 4.98 Å². The van der Waals surface area contributed by atoms with Gasteiger partial charge in [0.05, 0.1) is 17.6 Å². The molecular formula is C12H19N3. The minimum Gasteiger partial charge on any atom is -0.396 e. The van der Waals surface area contributed by atoms with Crippen molar-refractivity contribution < 1.29 is 0 Å². The fraction of sp³-hybridized carbons (Fsp3) is 0.583. The normalized spacial score (nSPS) is 15.7. The Morgan fingerprint density at radius 3 is 2.80 bits per heavy atom. The molecule has 15 heavy (non-hydrogen) atoms. The zero-order chi connectivity index (χ0) is 10.8. The van der Waals surface area contributed by atoms with Crippen LogP contribution in [0.15, 0.2) is 18.5 Å². The number of hydrogen-bond donors (Lipinski definition) is 1. The predicted molar refractivity (Wildman–Crippen MR) is 63.9 cm³/mol. The second kappa shape index (κ2) is 4.09. The number of nitrogens with two attached hydrogens (primary N) is 1. The van der Waals surface area contributed by atoms with Crippen LogP contribution in [0.5, 0.6) is 0 Å². The van der Waals surface area contributed by atoms with Crippen LogP contribution in [0.2, 0.25) is 0 Å². The summed E-state index contributed by atoms with van der Waals surface area (Å²) in [7, 11) is 0. The van der Waals surface area contributed by atoms with Gasteiger partial charge in [-0.05, 0) is 38.7 Å². The van der Waals surface area contributed by atoms with E-state index in [0.29, 0.717) is 6.04 Å². The molecule has 82 valence electrons. The van der Waals surface area contributed by atoms with Crippen LogP contribution in [0.3, 0.4) is 0 Å². The van der Waals surface area contributed by atoms with Crippen LogP contribution in [-0.4, -0.2) is 17.6 Å². The van der Waals surface area contributed by atoms with Gasteiger partial charge in [-0.25, -0.2) is 0 Å². The third kappa shape index (κ3) is 2.41. The Labute approximate surface area is 91.3 Å². The standard InChI is InChI=1S/C12H19N3/c1-9(2)15(8-10-3-4-10)12-5-6-14-7-11(12)13/h5-7,9-10H,3-4,8,13H2,1-2H3. The lowest BCUT2D eigenvalue weighted by atomic mass is 10.2. The van der Waals surface area contributed by atoms with Gasteiger partial charge in [-0.15, -0.1) is 0 Å². The summed E-state index contributed by atoms with van der Waals surface area (Å²) in [5, 5.41) is 0. The third-order valence-electron chi connectivity index (χ3n) is 2.91. The molecule has 3 heteroatoms. The second-order valence-corrected chi connectivity index (χ2v) is 4.62. The highest BCUT2D eigenvalue weighted by Crippen LogP contribution is 2.33. The van der Waals surface area contributed by atoms with Crippen LogP contribution < -0.4 is 10.6 Å². The topological polar surface area (TPSA) is 42.2 Å². The lowest BCUT2D eigenvalue weighted by molar-refractivity contribution is 0.645. The Hall–Kier alpha value is -1.25. The molecule has 1 aromatic heterocycles. The van der Waals surface area contributed by atoms with Crippen LogP contribution in [-0.2, 0) is 0 Å². The van der Waals surface area contributed by atoms with Gasteiger partial charge in [0.15, 0.2) is 0 Å². The molecule has 0 bridgehead atoms. The molecule has 2 rings (SSSR count). The maximum atomic E-state index is 5.95. The summed E-state index contributed by atoms with van der Waals surface area (Å²) < 4.78 is 0. The molecule has 2 N–H and O–H groups in total. The second-order valence-electron chi connectivity index (χ2n) is 4.62. The SMILES string of the molecule is CC(C)N(CC1CC1)c1ccncc1N. The lowest BCUT2D eigenvalue weighted by Crippen LogP contribution is -2.33. The van der Waals surface area contributed by atoms with Crippen molar-refractivity contribution >= 4 is 11.4 Å². The molecule has 1 aliphatic rings. The summed E-state index contributed by atoms with van der Waals surface area (Å²) in [5.74, 6) is 0.875. The van der Waals surface area contributed by atoms with Gasteiger partial charge in [0.2, 0.25) is 0 Å². The molecule has 0 radical (unpaired) electrons. The zero-order valence-corrected chi connectivity index (χ0v) is 9.48. The van der Waals surface area contributed by atoms with Gasteiger partial charge >= 0.3 is 0 Å². The predicted octanol–water partition coefficient (Wildman–Crippen LogP) is 2.29. The minimum absolute atomic E-state index is 0.496. The highest BCUT2D eigenvalue weighted by Gasteiger charge is 2.26. The molecular weight excluding hydrogens is 186 g/mol. The van der Waals surface area contributed by atoms with Gasteiger partial charge in [0.25, 0.3) is 0 Å². The Balaban J connectivity index is 2.19. The molecule has 1 aromatic rings. The highest BCUT2D eigenvalue weighted by molar-refractivity contribution is 5.66. The molecule has 0 amide bonds. The first-order chi connectivity index (χ1) is 7.18. The Kier molecular flexibility index (Phi) is 2.80. The number of nitrogens with zero attached hydrogens (tertiary/aromatic N) is 2. The van der Waals surface area contributed by atoms with Crippen LogP contribution in [0.25, 0.3) is 0 Å². The van der Waals surface area contributed by atoms with E-state index in [0.717, 1.165) is 23.8 Å². The fourth-order valence-electron chi connectivity index (χ4n) is 1.83. The van der Waals surface area contributed by atoms with Crippen molar-refractivity contribution in [3.8, 4) is 0 Å². The van der Waals surface area contributed by atoms with Crippen molar-refractivity contribution in [2.75, 3.05) is 17.2 Å². The number of rotatable bonds is 4. The van der Waals surface area contributed by atoms with E-state index < -0.39 is 0 Å². The molecule has 0 saturated heterocycles.